The van der Waals surface area contributed by atoms with Crippen LogP contribution in [0.5, 0.6) is 0 Å². The zero-order chi connectivity index (χ0) is 74.6. The van der Waals surface area contributed by atoms with Gasteiger partial charge in [0.15, 0.2) is 11.6 Å². The molecule has 0 unspecified atom stereocenters. The van der Waals surface area contributed by atoms with Crippen LogP contribution in [0, 0.1) is 0 Å². The smallest absolute Gasteiger partial charge is 0.162 e. The lowest BCUT2D eigenvalue weighted by Crippen LogP contribution is -2.02. The maximum Gasteiger partial charge on any atom is 0.162 e. The lowest BCUT2D eigenvalue weighted by Gasteiger charge is -2.14. The highest BCUT2D eigenvalue weighted by Crippen LogP contribution is 2.45. The highest BCUT2D eigenvalue weighted by Gasteiger charge is 2.23. The Bertz CT molecular complexity index is 8320. The number of fused-ring (bicyclic) bond motifs is 26. The first-order valence-corrected chi connectivity index (χ1v) is 38.9. The minimum atomic E-state index is 0.713. The van der Waals surface area contributed by atoms with Gasteiger partial charge in [-0.15, -0.1) is 0 Å². The van der Waals surface area contributed by atoms with Gasteiger partial charge in [-0.2, -0.15) is 0 Å². The van der Waals surface area contributed by atoms with Gasteiger partial charge in [0, 0.05) is 65.4 Å². The molecule has 0 aliphatic heterocycles. The molecule has 0 aliphatic carbocycles. The molecule has 8 heteroatoms. The highest BCUT2D eigenvalue weighted by atomic mass is 15.1. The van der Waals surface area contributed by atoms with Crippen LogP contribution in [-0.2, 0) is 0 Å². The van der Waals surface area contributed by atoms with E-state index in [2.05, 4.69) is 352 Å². The van der Waals surface area contributed by atoms with E-state index in [0.29, 0.717) is 5.82 Å². The quantitative estimate of drug-likeness (QED) is 0.149. The maximum absolute atomic E-state index is 5.28. The average Bonchev–Trinajstić information content (AvgIpc) is 1.53. The summed E-state index contributed by atoms with van der Waals surface area (Å²) in [5.41, 5.74) is 19.9. The van der Waals surface area contributed by atoms with Gasteiger partial charge in [0.05, 0.1) is 66.9 Å². The van der Waals surface area contributed by atoms with Crippen molar-refractivity contribution in [2.75, 3.05) is 0 Å². The second-order valence-electron chi connectivity index (χ2n) is 30.0. The average molecular weight is 1450 g/mol. The molecule has 6 aromatic heterocycles. The highest BCUT2D eigenvalue weighted by molar-refractivity contribution is 6.28. The third kappa shape index (κ3) is 9.71. The molecule has 0 amide bonds. The van der Waals surface area contributed by atoms with Crippen LogP contribution in [0.2, 0.25) is 0 Å². The molecule has 0 bridgehead atoms. The van der Waals surface area contributed by atoms with Gasteiger partial charge >= 0.3 is 0 Å². The molecule has 0 saturated carbocycles. The number of para-hydroxylation sites is 7. The SMILES string of the molecule is c1ccc(-c2nc(-n3c4ccccc4c4cc(-c5ccc6c(c5)c5ccccc5n6-c5ccc6c7ccccc7c7ccccc7c6c5)ccc43)c3ccccc3n2)cc1.c1ccc2nc(-n3c4ccccc4c4cc(-c5ccc6c(c5)c5ccccc5n6-c5ccc6c7ccccc7c7ccccc7c6c5)ccc43)cnc2c1. The Morgan fingerprint density at radius 3 is 0.904 bits per heavy atom. The fourth-order valence-corrected chi connectivity index (χ4v) is 18.7. The molecule has 0 aliphatic rings. The molecular formula is C106H64N8. The van der Waals surface area contributed by atoms with E-state index in [1.165, 1.54) is 152 Å². The van der Waals surface area contributed by atoms with Crippen LogP contribution in [0.3, 0.4) is 0 Å². The predicted molar refractivity (Wildman–Crippen MR) is 478 cm³/mol. The molecule has 528 valence electrons. The first-order valence-electron chi connectivity index (χ1n) is 38.9. The Balaban J connectivity index is 0.000000132. The summed E-state index contributed by atoms with van der Waals surface area (Å²) >= 11 is 0. The van der Waals surface area contributed by atoms with Crippen molar-refractivity contribution in [3.8, 4) is 56.7 Å². The van der Waals surface area contributed by atoms with E-state index in [-0.39, 0.29) is 0 Å². The van der Waals surface area contributed by atoms with E-state index in [1.54, 1.807) is 0 Å². The van der Waals surface area contributed by atoms with E-state index in [9.17, 15) is 0 Å². The number of hydrogen-bond donors (Lipinski definition) is 0. The predicted octanol–water partition coefficient (Wildman–Crippen LogP) is 27.6. The zero-order valence-electron chi connectivity index (χ0n) is 61.5. The van der Waals surface area contributed by atoms with E-state index >= 15 is 0 Å². The summed E-state index contributed by atoms with van der Waals surface area (Å²) in [6.07, 6.45) is 1.88. The molecule has 0 atom stereocenters. The van der Waals surface area contributed by atoms with Crippen molar-refractivity contribution >= 4 is 174 Å². The Kier molecular flexibility index (Phi) is 14.0. The van der Waals surface area contributed by atoms with E-state index in [4.69, 9.17) is 19.9 Å². The third-order valence-electron chi connectivity index (χ3n) is 23.8. The zero-order valence-corrected chi connectivity index (χ0v) is 61.5. The lowest BCUT2D eigenvalue weighted by atomic mass is 9.94. The fourth-order valence-electron chi connectivity index (χ4n) is 18.7. The molecule has 114 heavy (non-hydrogen) atoms. The van der Waals surface area contributed by atoms with Gasteiger partial charge in [0.2, 0.25) is 0 Å². The number of rotatable bonds is 7. The van der Waals surface area contributed by atoms with Crippen LogP contribution >= 0.6 is 0 Å². The van der Waals surface area contributed by atoms with Gasteiger partial charge in [0.1, 0.15) is 5.82 Å². The summed E-state index contributed by atoms with van der Waals surface area (Å²) in [5, 5.41) is 26.1. The van der Waals surface area contributed by atoms with Gasteiger partial charge in [0.25, 0.3) is 0 Å². The van der Waals surface area contributed by atoms with Gasteiger partial charge < -0.3 is 9.13 Å². The summed E-state index contributed by atoms with van der Waals surface area (Å²) < 4.78 is 9.42. The topological polar surface area (TPSA) is 71.3 Å². The molecular weight excluding hydrogens is 1390 g/mol. The standard InChI is InChI=1S/C56H34N4.C50H30N4/c1-2-14-35(15-3-1)55-57-50-23-11-8-22-46(50)56(58-55)60-52-25-13-10-21-45(52)49-33-37(27-31-54(49)60)36-26-30-53-48(32-36)44-20-9-12-24-51(44)59(53)38-28-29-43-41-18-5-4-16-39(41)40-17-6-7-19-42(40)47(43)34-38;1-2-13-36-34(11-1)35-12-3-4-14-37(35)41-29-33(23-24-38(36)41)53-46-19-9-5-15-39(46)42-27-31(21-25-48(42)53)32-22-26-49-43(28-32)40-16-6-10-20-47(40)54(49)50-30-51-44-17-7-8-18-45(44)52-50/h1-34H;1-30H. The van der Waals surface area contributed by atoms with Crippen LogP contribution < -0.4 is 0 Å². The summed E-state index contributed by atoms with van der Waals surface area (Å²) in [4.78, 5) is 20.1. The molecule has 0 spiro atoms. The Hall–Kier alpha value is -15.4. The van der Waals surface area contributed by atoms with Gasteiger partial charge in [-0.25, -0.2) is 15.0 Å². The summed E-state index contributed by atoms with van der Waals surface area (Å²) in [5.74, 6) is 2.41. The van der Waals surface area contributed by atoms with Crippen LogP contribution in [-0.4, -0.2) is 38.2 Å². The monoisotopic (exact) mass is 1450 g/mol. The van der Waals surface area contributed by atoms with Gasteiger partial charge in [-0.3, -0.25) is 14.1 Å². The number of benzene rings is 19. The molecule has 0 saturated heterocycles. The molecule has 19 aromatic carbocycles. The van der Waals surface area contributed by atoms with Crippen molar-refractivity contribution in [2.45, 2.75) is 0 Å². The van der Waals surface area contributed by atoms with Crippen LogP contribution in [0.25, 0.3) is 230 Å². The molecule has 25 aromatic rings. The third-order valence-corrected chi connectivity index (χ3v) is 23.8. The molecule has 0 radical (unpaired) electrons. The fraction of sp³-hybridized carbons (Fsp3) is 0. The molecule has 25 rings (SSSR count). The molecule has 0 N–H and O–H groups in total. The van der Waals surface area contributed by atoms with E-state index in [1.807, 2.05) is 54.7 Å². The maximum atomic E-state index is 5.28. The van der Waals surface area contributed by atoms with Crippen molar-refractivity contribution < 1.29 is 0 Å². The summed E-state index contributed by atoms with van der Waals surface area (Å²) in [6.45, 7) is 0. The second kappa shape index (κ2) is 25.1. The second-order valence-corrected chi connectivity index (χ2v) is 30.0. The van der Waals surface area contributed by atoms with Crippen molar-refractivity contribution in [3.05, 3.63) is 388 Å². The van der Waals surface area contributed by atoms with Gasteiger partial charge in [-0.05, 0) is 208 Å². The van der Waals surface area contributed by atoms with E-state index < -0.39 is 0 Å². The number of nitrogens with zero attached hydrogens (tertiary/aromatic N) is 8. The minimum absolute atomic E-state index is 0.713. The van der Waals surface area contributed by atoms with Crippen LogP contribution in [0.4, 0.5) is 0 Å². The van der Waals surface area contributed by atoms with Crippen molar-refractivity contribution in [1.82, 2.24) is 38.2 Å². The first kappa shape index (κ1) is 63.5. The summed E-state index contributed by atoms with van der Waals surface area (Å²) in [6, 6.07) is 138. The van der Waals surface area contributed by atoms with Crippen molar-refractivity contribution in [3.63, 3.8) is 0 Å². The lowest BCUT2D eigenvalue weighted by molar-refractivity contribution is 1.07. The molecule has 6 heterocycles. The molecule has 8 nitrogen and oxygen atoms in total. The van der Waals surface area contributed by atoms with Crippen molar-refractivity contribution in [2.24, 2.45) is 0 Å². The number of hydrogen-bond acceptors (Lipinski definition) is 4. The Morgan fingerprint density at radius 1 is 0.167 bits per heavy atom. The molecule has 0 fully saturated rings. The van der Waals surface area contributed by atoms with E-state index in [0.717, 1.165) is 72.6 Å². The largest absolute Gasteiger partial charge is 0.309 e. The minimum Gasteiger partial charge on any atom is -0.309 e. The van der Waals surface area contributed by atoms with Crippen molar-refractivity contribution in [1.29, 1.82) is 0 Å². The van der Waals surface area contributed by atoms with Gasteiger partial charge in [-0.1, -0.05) is 261 Å². The van der Waals surface area contributed by atoms with Crippen LogP contribution in [0.1, 0.15) is 0 Å². The Morgan fingerprint density at radius 2 is 0.474 bits per heavy atom. The van der Waals surface area contributed by atoms with Crippen LogP contribution in [0.15, 0.2) is 388 Å². The Labute approximate surface area is 652 Å². The number of aromatic nitrogens is 8. The summed E-state index contributed by atoms with van der Waals surface area (Å²) in [7, 11) is 0. The normalized spacial score (nSPS) is 12.0. The first-order chi connectivity index (χ1) is 56.5.